The molecule has 26 heavy (non-hydrogen) atoms. The fraction of sp³-hybridized carbons (Fsp3) is 0.450. The van der Waals surface area contributed by atoms with Crippen molar-refractivity contribution < 1.29 is 19.1 Å². The number of hydrogen-bond donors (Lipinski definition) is 0. The van der Waals surface area contributed by atoms with Gasteiger partial charge in [-0.2, -0.15) is 5.26 Å². The summed E-state index contributed by atoms with van der Waals surface area (Å²) in [5, 5.41) is 9.09. The Morgan fingerprint density at radius 3 is 2.31 bits per heavy atom. The Bertz CT molecular complexity index is 696. The van der Waals surface area contributed by atoms with Gasteiger partial charge in [-0.1, -0.05) is 12.1 Å². The van der Waals surface area contributed by atoms with E-state index in [-0.39, 0.29) is 24.1 Å². The van der Waals surface area contributed by atoms with Gasteiger partial charge in [0.25, 0.3) is 0 Å². The molecule has 1 heterocycles. The summed E-state index contributed by atoms with van der Waals surface area (Å²) in [5.74, 6) is -0.730. The van der Waals surface area contributed by atoms with Crippen LogP contribution in [0.25, 0.3) is 6.08 Å². The molecule has 0 amide bonds. The Morgan fingerprint density at radius 1 is 1.15 bits per heavy atom. The number of nitriles is 1. The zero-order chi connectivity index (χ0) is 18.9. The molecule has 0 saturated carbocycles. The first-order valence-corrected chi connectivity index (χ1v) is 8.89. The maximum Gasteiger partial charge on any atom is 0.348 e. The highest BCUT2D eigenvalue weighted by molar-refractivity contribution is 5.97. The van der Waals surface area contributed by atoms with E-state index in [9.17, 15) is 9.59 Å². The molecule has 0 atom stereocenters. The van der Waals surface area contributed by atoms with Crippen LogP contribution in [0.3, 0.4) is 0 Å². The van der Waals surface area contributed by atoms with E-state index in [1.165, 1.54) is 6.08 Å². The van der Waals surface area contributed by atoms with Crippen molar-refractivity contribution in [2.75, 3.05) is 31.2 Å². The maximum absolute atomic E-state index is 11.8. The highest BCUT2D eigenvalue weighted by Crippen LogP contribution is 2.25. The molecule has 0 N–H and O–H groups in total. The number of anilines is 1. The van der Waals surface area contributed by atoms with E-state index in [0.717, 1.165) is 37.2 Å². The van der Waals surface area contributed by atoms with Crippen LogP contribution < -0.4 is 4.90 Å². The summed E-state index contributed by atoms with van der Waals surface area (Å²) in [6.45, 7) is 5.77. The number of rotatable bonds is 6. The Labute approximate surface area is 154 Å². The van der Waals surface area contributed by atoms with Crippen LogP contribution in [0.2, 0.25) is 0 Å². The van der Waals surface area contributed by atoms with Crippen molar-refractivity contribution in [3.8, 4) is 6.07 Å². The molecule has 0 aliphatic carbocycles. The minimum absolute atomic E-state index is 0.0174. The van der Waals surface area contributed by atoms with Crippen molar-refractivity contribution in [3.05, 3.63) is 35.4 Å². The Kier molecular flexibility index (Phi) is 7.22. The molecule has 1 aromatic carbocycles. The number of esters is 2. The standard InChI is InChI=1S/C20H24N2O4/c1-3-25-19(23)16-9-11-22(12-10-16)18-7-5-15(6-8-18)13-17(14-21)20(24)26-4-2/h5-8,13,16H,3-4,9-12H2,1-2H3/b17-13+. The van der Waals surface area contributed by atoms with Crippen molar-refractivity contribution in [3.63, 3.8) is 0 Å². The molecule has 1 aliphatic heterocycles. The molecular formula is C20H24N2O4. The summed E-state index contributed by atoms with van der Waals surface area (Å²) in [6, 6.07) is 9.51. The van der Waals surface area contributed by atoms with Crippen LogP contribution in [0.5, 0.6) is 0 Å². The van der Waals surface area contributed by atoms with Gasteiger partial charge in [0.05, 0.1) is 19.1 Å². The minimum Gasteiger partial charge on any atom is -0.466 e. The lowest BCUT2D eigenvalue weighted by Gasteiger charge is -2.32. The van der Waals surface area contributed by atoms with Gasteiger partial charge < -0.3 is 14.4 Å². The molecule has 0 aromatic heterocycles. The van der Waals surface area contributed by atoms with E-state index in [0.29, 0.717) is 6.61 Å². The first-order chi connectivity index (χ1) is 12.6. The van der Waals surface area contributed by atoms with Crippen LogP contribution in [0, 0.1) is 17.2 Å². The third kappa shape index (κ3) is 5.09. The third-order valence-electron chi connectivity index (χ3n) is 4.30. The number of carbonyl (C=O) groups is 2. The number of ether oxygens (including phenoxy) is 2. The fourth-order valence-corrected chi connectivity index (χ4v) is 2.93. The quantitative estimate of drug-likeness (QED) is 0.443. The van der Waals surface area contributed by atoms with Crippen LogP contribution in [0.4, 0.5) is 5.69 Å². The average Bonchev–Trinajstić information content (AvgIpc) is 2.67. The number of carbonyl (C=O) groups excluding carboxylic acids is 2. The van der Waals surface area contributed by atoms with Gasteiger partial charge >= 0.3 is 11.9 Å². The summed E-state index contributed by atoms with van der Waals surface area (Å²) in [5.41, 5.74) is 1.80. The van der Waals surface area contributed by atoms with Crippen LogP contribution in [-0.4, -0.2) is 38.2 Å². The summed E-state index contributed by atoms with van der Waals surface area (Å²) >= 11 is 0. The summed E-state index contributed by atoms with van der Waals surface area (Å²) in [6.07, 6.45) is 3.08. The molecule has 0 unspecified atom stereocenters. The molecular weight excluding hydrogens is 332 g/mol. The minimum atomic E-state index is -0.611. The molecule has 1 saturated heterocycles. The van der Waals surface area contributed by atoms with Gasteiger partial charge in [-0.15, -0.1) is 0 Å². The molecule has 0 spiro atoms. The molecule has 6 nitrogen and oxygen atoms in total. The lowest BCUT2D eigenvalue weighted by Crippen LogP contribution is -2.36. The number of hydrogen-bond acceptors (Lipinski definition) is 6. The number of benzene rings is 1. The molecule has 1 aliphatic rings. The molecule has 0 bridgehead atoms. The second-order valence-corrected chi connectivity index (χ2v) is 6.00. The lowest BCUT2D eigenvalue weighted by atomic mass is 9.96. The van der Waals surface area contributed by atoms with Crippen molar-refractivity contribution in [1.82, 2.24) is 0 Å². The van der Waals surface area contributed by atoms with E-state index in [4.69, 9.17) is 14.7 Å². The van der Waals surface area contributed by atoms with Crippen LogP contribution in [0.1, 0.15) is 32.3 Å². The largest absolute Gasteiger partial charge is 0.466 e. The van der Waals surface area contributed by atoms with E-state index < -0.39 is 5.97 Å². The summed E-state index contributed by atoms with van der Waals surface area (Å²) < 4.78 is 9.95. The van der Waals surface area contributed by atoms with Gasteiger partial charge in [-0.05, 0) is 50.5 Å². The highest BCUT2D eigenvalue weighted by Gasteiger charge is 2.26. The Balaban J connectivity index is 1.99. The van der Waals surface area contributed by atoms with E-state index >= 15 is 0 Å². The molecule has 1 aromatic rings. The van der Waals surface area contributed by atoms with E-state index in [1.807, 2.05) is 37.3 Å². The molecule has 2 rings (SSSR count). The topological polar surface area (TPSA) is 79.6 Å². The Morgan fingerprint density at radius 2 is 1.77 bits per heavy atom. The van der Waals surface area contributed by atoms with Crippen molar-refractivity contribution in [2.45, 2.75) is 26.7 Å². The van der Waals surface area contributed by atoms with Gasteiger partial charge in [-0.3, -0.25) is 4.79 Å². The zero-order valence-corrected chi connectivity index (χ0v) is 15.2. The van der Waals surface area contributed by atoms with Crippen molar-refractivity contribution in [2.24, 2.45) is 5.92 Å². The van der Waals surface area contributed by atoms with Gasteiger partial charge in [0.2, 0.25) is 0 Å². The zero-order valence-electron chi connectivity index (χ0n) is 15.2. The predicted octanol–water partition coefficient (Wildman–Crippen LogP) is 2.94. The molecule has 0 radical (unpaired) electrons. The highest BCUT2D eigenvalue weighted by atomic mass is 16.5. The summed E-state index contributed by atoms with van der Waals surface area (Å²) in [4.78, 5) is 25.7. The second-order valence-electron chi connectivity index (χ2n) is 6.00. The van der Waals surface area contributed by atoms with Gasteiger partial charge in [0.1, 0.15) is 11.6 Å². The third-order valence-corrected chi connectivity index (χ3v) is 4.30. The monoisotopic (exact) mass is 356 g/mol. The van der Waals surface area contributed by atoms with Crippen LogP contribution in [0.15, 0.2) is 29.8 Å². The lowest BCUT2D eigenvalue weighted by molar-refractivity contribution is -0.148. The van der Waals surface area contributed by atoms with Crippen LogP contribution >= 0.6 is 0 Å². The fourth-order valence-electron chi connectivity index (χ4n) is 2.93. The van der Waals surface area contributed by atoms with E-state index in [1.54, 1.807) is 6.92 Å². The van der Waals surface area contributed by atoms with Crippen molar-refractivity contribution in [1.29, 1.82) is 5.26 Å². The normalized spacial score (nSPS) is 15.3. The van der Waals surface area contributed by atoms with E-state index in [2.05, 4.69) is 4.90 Å². The molecule has 6 heteroatoms. The predicted molar refractivity (Wildman–Crippen MR) is 98.2 cm³/mol. The number of piperidine rings is 1. The average molecular weight is 356 g/mol. The van der Waals surface area contributed by atoms with Gasteiger partial charge in [0.15, 0.2) is 0 Å². The van der Waals surface area contributed by atoms with Crippen molar-refractivity contribution >= 4 is 23.7 Å². The first kappa shape index (κ1) is 19.5. The first-order valence-electron chi connectivity index (χ1n) is 8.89. The SMILES string of the molecule is CCOC(=O)/C(C#N)=C/c1ccc(N2CCC(C(=O)OCC)CC2)cc1. The molecule has 1 fully saturated rings. The van der Waals surface area contributed by atoms with Crippen LogP contribution in [-0.2, 0) is 19.1 Å². The maximum atomic E-state index is 11.8. The second kappa shape index (κ2) is 9.62. The smallest absolute Gasteiger partial charge is 0.348 e. The summed E-state index contributed by atoms with van der Waals surface area (Å²) in [7, 11) is 0. The number of nitrogens with zero attached hydrogens (tertiary/aromatic N) is 2. The molecule has 138 valence electrons. The van der Waals surface area contributed by atoms with Gasteiger partial charge in [0, 0.05) is 18.8 Å². The Hall–Kier alpha value is -2.81. The van der Waals surface area contributed by atoms with Gasteiger partial charge in [-0.25, -0.2) is 4.79 Å².